The maximum Gasteiger partial charge on any atom is 0.248 e. The van der Waals surface area contributed by atoms with Gasteiger partial charge >= 0.3 is 0 Å². The standard InChI is InChI=1S/C15H15FN2O/c1-18(13-9-7-12(16)8-10-13)15(19)14(17)11-5-3-2-4-6-11/h2-10,14H,17H2,1H3/t14-/m0/s1. The number of rotatable bonds is 3. The van der Waals surface area contributed by atoms with Crippen molar-refractivity contribution in [1.82, 2.24) is 0 Å². The summed E-state index contributed by atoms with van der Waals surface area (Å²) in [5.41, 5.74) is 7.30. The number of hydrogen-bond donors (Lipinski definition) is 1. The highest BCUT2D eigenvalue weighted by molar-refractivity contribution is 5.97. The van der Waals surface area contributed by atoms with Gasteiger partial charge in [0.2, 0.25) is 5.91 Å². The summed E-state index contributed by atoms with van der Waals surface area (Å²) in [4.78, 5) is 13.7. The van der Waals surface area contributed by atoms with E-state index in [0.717, 1.165) is 5.56 Å². The molecule has 0 bridgehead atoms. The van der Waals surface area contributed by atoms with Gasteiger partial charge in [0.15, 0.2) is 0 Å². The van der Waals surface area contributed by atoms with Crippen LogP contribution in [0.25, 0.3) is 0 Å². The fourth-order valence-corrected chi connectivity index (χ4v) is 1.80. The zero-order chi connectivity index (χ0) is 13.8. The molecule has 4 heteroatoms. The van der Waals surface area contributed by atoms with E-state index in [0.29, 0.717) is 5.69 Å². The van der Waals surface area contributed by atoms with Gasteiger partial charge in [0.1, 0.15) is 11.9 Å². The molecule has 2 rings (SSSR count). The molecule has 2 aromatic carbocycles. The minimum absolute atomic E-state index is 0.238. The Morgan fingerprint density at radius 1 is 1.11 bits per heavy atom. The maximum absolute atomic E-state index is 12.8. The van der Waals surface area contributed by atoms with Crippen LogP contribution >= 0.6 is 0 Å². The van der Waals surface area contributed by atoms with Gasteiger partial charge in [-0.25, -0.2) is 4.39 Å². The summed E-state index contributed by atoms with van der Waals surface area (Å²) in [5, 5.41) is 0. The number of halogens is 1. The van der Waals surface area contributed by atoms with Gasteiger partial charge in [-0.1, -0.05) is 30.3 Å². The van der Waals surface area contributed by atoms with Gasteiger partial charge in [-0.2, -0.15) is 0 Å². The van der Waals surface area contributed by atoms with E-state index >= 15 is 0 Å². The van der Waals surface area contributed by atoms with E-state index in [-0.39, 0.29) is 11.7 Å². The molecule has 0 spiro atoms. The molecule has 0 radical (unpaired) electrons. The lowest BCUT2D eigenvalue weighted by Crippen LogP contribution is -2.35. The zero-order valence-corrected chi connectivity index (χ0v) is 10.6. The van der Waals surface area contributed by atoms with E-state index in [9.17, 15) is 9.18 Å². The summed E-state index contributed by atoms with van der Waals surface area (Å²) in [6, 6.07) is 14.1. The molecule has 1 amide bonds. The maximum atomic E-state index is 12.8. The van der Waals surface area contributed by atoms with Crippen molar-refractivity contribution < 1.29 is 9.18 Å². The van der Waals surface area contributed by atoms with Crippen molar-refractivity contribution in [3.05, 3.63) is 66.0 Å². The summed E-state index contributed by atoms with van der Waals surface area (Å²) >= 11 is 0. The van der Waals surface area contributed by atoms with Crippen LogP contribution in [0.2, 0.25) is 0 Å². The number of nitrogens with zero attached hydrogens (tertiary/aromatic N) is 1. The quantitative estimate of drug-likeness (QED) is 0.919. The van der Waals surface area contributed by atoms with Crippen LogP contribution in [-0.2, 0) is 4.79 Å². The Balaban J connectivity index is 2.17. The van der Waals surface area contributed by atoms with Gasteiger partial charge in [-0.05, 0) is 29.8 Å². The largest absolute Gasteiger partial charge is 0.316 e. The van der Waals surface area contributed by atoms with Gasteiger partial charge in [-0.15, -0.1) is 0 Å². The lowest BCUT2D eigenvalue weighted by atomic mass is 10.1. The Bertz CT molecular complexity index is 554. The van der Waals surface area contributed by atoms with Gasteiger partial charge in [0, 0.05) is 12.7 Å². The Kier molecular flexibility index (Phi) is 3.92. The minimum atomic E-state index is -0.726. The highest BCUT2D eigenvalue weighted by Crippen LogP contribution is 2.18. The number of benzene rings is 2. The van der Waals surface area contributed by atoms with E-state index in [1.807, 2.05) is 18.2 Å². The SMILES string of the molecule is CN(C(=O)[C@@H](N)c1ccccc1)c1ccc(F)cc1. The predicted molar refractivity (Wildman–Crippen MR) is 73.2 cm³/mol. The Morgan fingerprint density at radius 2 is 1.68 bits per heavy atom. The summed E-state index contributed by atoms with van der Waals surface area (Å²) in [5.74, 6) is -0.574. The first-order chi connectivity index (χ1) is 9.09. The summed E-state index contributed by atoms with van der Waals surface area (Å²) in [7, 11) is 1.62. The lowest BCUT2D eigenvalue weighted by molar-refractivity contribution is -0.119. The Morgan fingerprint density at radius 3 is 2.26 bits per heavy atom. The van der Waals surface area contributed by atoms with Crippen molar-refractivity contribution >= 4 is 11.6 Å². The third-order valence-electron chi connectivity index (χ3n) is 2.97. The molecule has 19 heavy (non-hydrogen) atoms. The number of nitrogens with two attached hydrogens (primary N) is 1. The van der Waals surface area contributed by atoms with Gasteiger partial charge in [0.25, 0.3) is 0 Å². The van der Waals surface area contributed by atoms with Crippen LogP contribution in [0, 0.1) is 5.82 Å². The van der Waals surface area contributed by atoms with Gasteiger partial charge in [0.05, 0.1) is 0 Å². The molecular weight excluding hydrogens is 243 g/mol. The molecular formula is C15H15FN2O. The molecule has 3 nitrogen and oxygen atoms in total. The Labute approximate surface area is 111 Å². The van der Waals surface area contributed by atoms with Crippen molar-refractivity contribution in [2.75, 3.05) is 11.9 Å². The molecule has 0 aliphatic carbocycles. The zero-order valence-electron chi connectivity index (χ0n) is 10.6. The van der Waals surface area contributed by atoms with Crippen molar-refractivity contribution in [3.8, 4) is 0 Å². The average Bonchev–Trinajstić information content (AvgIpc) is 2.46. The molecule has 98 valence electrons. The smallest absolute Gasteiger partial charge is 0.248 e. The van der Waals surface area contributed by atoms with E-state index in [4.69, 9.17) is 5.73 Å². The molecule has 0 aliphatic heterocycles. The van der Waals surface area contributed by atoms with E-state index in [1.165, 1.54) is 17.0 Å². The van der Waals surface area contributed by atoms with Crippen LogP contribution in [0.1, 0.15) is 11.6 Å². The second-order valence-electron chi connectivity index (χ2n) is 4.26. The van der Waals surface area contributed by atoms with Gasteiger partial charge in [-0.3, -0.25) is 4.79 Å². The first kappa shape index (κ1) is 13.2. The fourth-order valence-electron chi connectivity index (χ4n) is 1.80. The van der Waals surface area contributed by atoms with Crippen LogP contribution in [0.15, 0.2) is 54.6 Å². The number of carbonyl (C=O) groups is 1. The molecule has 1 atom stereocenters. The van der Waals surface area contributed by atoms with Gasteiger partial charge < -0.3 is 10.6 Å². The number of carbonyl (C=O) groups excluding carboxylic acids is 1. The van der Waals surface area contributed by atoms with E-state index < -0.39 is 6.04 Å². The highest BCUT2D eigenvalue weighted by atomic mass is 19.1. The molecule has 0 fully saturated rings. The average molecular weight is 258 g/mol. The number of hydrogen-bond acceptors (Lipinski definition) is 2. The lowest BCUT2D eigenvalue weighted by Gasteiger charge is -2.21. The first-order valence-electron chi connectivity index (χ1n) is 5.93. The molecule has 2 N–H and O–H groups in total. The molecule has 2 aromatic rings. The number of likely N-dealkylation sites (N-methyl/N-ethyl adjacent to an activating group) is 1. The second kappa shape index (κ2) is 5.63. The fraction of sp³-hybridized carbons (Fsp3) is 0.133. The topological polar surface area (TPSA) is 46.3 Å². The highest BCUT2D eigenvalue weighted by Gasteiger charge is 2.20. The van der Waals surface area contributed by atoms with Crippen molar-refractivity contribution in [1.29, 1.82) is 0 Å². The molecule has 0 unspecified atom stereocenters. The number of anilines is 1. The van der Waals surface area contributed by atoms with Crippen LogP contribution in [0.5, 0.6) is 0 Å². The minimum Gasteiger partial charge on any atom is -0.316 e. The molecule has 0 aromatic heterocycles. The van der Waals surface area contributed by atoms with Crippen LogP contribution in [0.3, 0.4) is 0 Å². The normalized spacial score (nSPS) is 11.9. The Hall–Kier alpha value is -2.20. The third-order valence-corrected chi connectivity index (χ3v) is 2.97. The van der Waals surface area contributed by atoms with Crippen molar-refractivity contribution in [2.45, 2.75) is 6.04 Å². The molecule has 0 heterocycles. The summed E-state index contributed by atoms with van der Waals surface area (Å²) in [6.45, 7) is 0. The molecule has 0 aliphatic rings. The van der Waals surface area contributed by atoms with Crippen LogP contribution in [-0.4, -0.2) is 13.0 Å². The van der Waals surface area contributed by atoms with Crippen molar-refractivity contribution in [2.24, 2.45) is 5.73 Å². The predicted octanol–water partition coefficient (Wildman–Crippen LogP) is 2.49. The second-order valence-corrected chi connectivity index (χ2v) is 4.26. The monoisotopic (exact) mass is 258 g/mol. The molecule has 0 saturated heterocycles. The third kappa shape index (κ3) is 2.98. The summed E-state index contributed by atoms with van der Waals surface area (Å²) < 4.78 is 12.8. The molecule has 0 saturated carbocycles. The first-order valence-corrected chi connectivity index (χ1v) is 5.93. The number of amides is 1. The van der Waals surface area contributed by atoms with Crippen molar-refractivity contribution in [3.63, 3.8) is 0 Å². The van der Waals surface area contributed by atoms with Crippen LogP contribution < -0.4 is 10.6 Å². The summed E-state index contributed by atoms with van der Waals surface area (Å²) in [6.07, 6.45) is 0. The van der Waals surface area contributed by atoms with E-state index in [2.05, 4.69) is 0 Å². The van der Waals surface area contributed by atoms with E-state index in [1.54, 1.807) is 31.3 Å². The van der Waals surface area contributed by atoms with Crippen LogP contribution in [0.4, 0.5) is 10.1 Å².